The third-order valence-corrected chi connectivity index (χ3v) is 3.57. The van der Waals surface area contributed by atoms with Crippen LogP contribution in [0.15, 0.2) is 6.07 Å². The number of methoxy groups -OCH3 is 1. The van der Waals surface area contributed by atoms with Crippen LogP contribution in [-0.2, 0) is 4.79 Å². The molecule has 0 bridgehead atoms. The van der Waals surface area contributed by atoms with Crippen LogP contribution in [0.1, 0.15) is 49.3 Å². The lowest BCUT2D eigenvalue weighted by atomic mass is 9.89. The first-order chi connectivity index (χ1) is 8.31. The van der Waals surface area contributed by atoms with Gasteiger partial charge in [0.05, 0.1) is 13.0 Å². The van der Waals surface area contributed by atoms with Gasteiger partial charge in [-0.05, 0) is 37.0 Å². The molecule has 0 radical (unpaired) electrons. The lowest BCUT2D eigenvalue weighted by Gasteiger charge is -2.21. The Bertz CT molecular complexity index is 467. The van der Waals surface area contributed by atoms with Crippen molar-refractivity contribution >= 4 is 17.6 Å². The minimum atomic E-state index is -0.881. The fraction of sp³-hybridized carbons (Fsp3) is 0.500. The summed E-state index contributed by atoms with van der Waals surface area (Å²) in [5.41, 5.74) is 2.38. The molecule has 0 aliphatic heterocycles. The van der Waals surface area contributed by atoms with Gasteiger partial charge in [0.1, 0.15) is 5.75 Å². The van der Waals surface area contributed by atoms with Crippen molar-refractivity contribution in [2.24, 2.45) is 0 Å². The van der Waals surface area contributed by atoms with Crippen molar-refractivity contribution in [1.29, 1.82) is 0 Å². The second kappa shape index (κ2) is 5.61. The standard InChI is InChI=1S/C14H19ClO3/c1-7(2)10-6-11(15)8(3)12(13(10)18-5)9(4)14(16)17/h6-7,9H,1-5H3,(H,16,17). The Hall–Kier alpha value is -1.22. The maximum Gasteiger partial charge on any atom is 0.310 e. The minimum Gasteiger partial charge on any atom is -0.496 e. The molecule has 0 spiro atoms. The van der Waals surface area contributed by atoms with Crippen LogP contribution < -0.4 is 4.74 Å². The summed E-state index contributed by atoms with van der Waals surface area (Å²) in [4.78, 5) is 11.2. The Morgan fingerprint density at radius 3 is 2.33 bits per heavy atom. The highest BCUT2D eigenvalue weighted by molar-refractivity contribution is 6.31. The van der Waals surface area contributed by atoms with Gasteiger partial charge in [-0.15, -0.1) is 0 Å². The van der Waals surface area contributed by atoms with Gasteiger partial charge in [0.2, 0.25) is 0 Å². The zero-order valence-electron chi connectivity index (χ0n) is 11.4. The van der Waals surface area contributed by atoms with Crippen molar-refractivity contribution < 1.29 is 14.6 Å². The molecule has 1 unspecified atom stereocenters. The maximum absolute atomic E-state index is 11.2. The van der Waals surface area contributed by atoms with E-state index in [1.165, 1.54) is 0 Å². The Labute approximate surface area is 113 Å². The Morgan fingerprint density at radius 2 is 1.94 bits per heavy atom. The summed E-state index contributed by atoms with van der Waals surface area (Å²) < 4.78 is 5.42. The molecule has 18 heavy (non-hydrogen) atoms. The van der Waals surface area contributed by atoms with E-state index >= 15 is 0 Å². The number of rotatable bonds is 4. The van der Waals surface area contributed by atoms with Crippen LogP contribution in [-0.4, -0.2) is 18.2 Å². The van der Waals surface area contributed by atoms with E-state index in [4.69, 9.17) is 16.3 Å². The second-order valence-corrected chi connectivity index (χ2v) is 5.14. The quantitative estimate of drug-likeness (QED) is 0.900. The number of aliphatic carboxylic acids is 1. The molecule has 1 aromatic rings. The van der Waals surface area contributed by atoms with Crippen molar-refractivity contribution in [1.82, 2.24) is 0 Å². The summed E-state index contributed by atoms with van der Waals surface area (Å²) in [6.45, 7) is 7.52. The van der Waals surface area contributed by atoms with Gasteiger partial charge < -0.3 is 9.84 Å². The second-order valence-electron chi connectivity index (χ2n) is 4.73. The predicted molar refractivity (Wildman–Crippen MR) is 72.9 cm³/mol. The molecular weight excluding hydrogens is 252 g/mol. The number of carboxylic acids is 1. The highest BCUT2D eigenvalue weighted by atomic mass is 35.5. The first kappa shape index (κ1) is 14.8. The van der Waals surface area contributed by atoms with E-state index in [-0.39, 0.29) is 5.92 Å². The summed E-state index contributed by atoms with van der Waals surface area (Å²) in [7, 11) is 1.56. The molecule has 4 heteroatoms. The van der Waals surface area contributed by atoms with Crippen molar-refractivity contribution in [2.75, 3.05) is 7.11 Å². The van der Waals surface area contributed by atoms with E-state index in [1.54, 1.807) is 14.0 Å². The molecule has 1 aromatic carbocycles. The van der Waals surface area contributed by atoms with Gasteiger partial charge in [0.15, 0.2) is 0 Å². The predicted octanol–water partition coefficient (Wildman–Crippen LogP) is 3.97. The van der Waals surface area contributed by atoms with Gasteiger partial charge in [-0.3, -0.25) is 4.79 Å². The van der Waals surface area contributed by atoms with E-state index < -0.39 is 11.9 Å². The fourth-order valence-electron chi connectivity index (χ4n) is 2.07. The molecule has 0 fully saturated rings. The molecule has 0 aliphatic rings. The first-order valence-corrected chi connectivity index (χ1v) is 6.28. The molecule has 0 saturated carbocycles. The molecule has 0 aromatic heterocycles. The molecule has 100 valence electrons. The normalized spacial score (nSPS) is 12.6. The van der Waals surface area contributed by atoms with Gasteiger partial charge in [-0.25, -0.2) is 0 Å². The highest BCUT2D eigenvalue weighted by Crippen LogP contribution is 2.40. The fourth-order valence-corrected chi connectivity index (χ4v) is 2.29. The van der Waals surface area contributed by atoms with Gasteiger partial charge in [-0.2, -0.15) is 0 Å². The Morgan fingerprint density at radius 1 is 1.39 bits per heavy atom. The monoisotopic (exact) mass is 270 g/mol. The highest BCUT2D eigenvalue weighted by Gasteiger charge is 2.25. The SMILES string of the molecule is COc1c(C(C)C)cc(Cl)c(C)c1C(C)C(=O)O. The molecule has 0 heterocycles. The third kappa shape index (κ3) is 2.61. The Kier molecular flexibility index (Phi) is 4.63. The lowest BCUT2D eigenvalue weighted by Crippen LogP contribution is -2.12. The lowest BCUT2D eigenvalue weighted by molar-refractivity contribution is -0.138. The van der Waals surface area contributed by atoms with E-state index in [0.29, 0.717) is 16.3 Å². The smallest absolute Gasteiger partial charge is 0.310 e. The minimum absolute atomic E-state index is 0.220. The first-order valence-electron chi connectivity index (χ1n) is 5.90. The third-order valence-electron chi connectivity index (χ3n) is 3.18. The topological polar surface area (TPSA) is 46.5 Å². The number of carbonyl (C=O) groups is 1. The van der Waals surface area contributed by atoms with Gasteiger partial charge in [-0.1, -0.05) is 25.4 Å². The molecule has 0 amide bonds. The summed E-state index contributed by atoms with van der Waals surface area (Å²) in [5.74, 6) is -0.663. The van der Waals surface area contributed by atoms with Crippen LogP contribution in [0.4, 0.5) is 0 Å². The van der Waals surface area contributed by atoms with Crippen molar-refractivity contribution in [2.45, 2.75) is 39.5 Å². The molecule has 1 rings (SSSR count). The van der Waals surface area contributed by atoms with Crippen LogP contribution >= 0.6 is 11.6 Å². The molecule has 0 aliphatic carbocycles. The van der Waals surface area contributed by atoms with E-state index in [2.05, 4.69) is 0 Å². The largest absolute Gasteiger partial charge is 0.496 e. The number of hydrogen-bond donors (Lipinski definition) is 1. The molecule has 3 nitrogen and oxygen atoms in total. The van der Waals surface area contributed by atoms with Crippen LogP contribution in [0.5, 0.6) is 5.75 Å². The van der Waals surface area contributed by atoms with Crippen LogP contribution in [0.3, 0.4) is 0 Å². The summed E-state index contributed by atoms with van der Waals surface area (Å²) >= 11 is 6.19. The van der Waals surface area contributed by atoms with Crippen LogP contribution in [0.2, 0.25) is 5.02 Å². The average molecular weight is 271 g/mol. The van der Waals surface area contributed by atoms with Crippen LogP contribution in [0.25, 0.3) is 0 Å². The van der Waals surface area contributed by atoms with Gasteiger partial charge in [0, 0.05) is 10.6 Å². The van der Waals surface area contributed by atoms with E-state index in [9.17, 15) is 9.90 Å². The van der Waals surface area contributed by atoms with Crippen molar-refractivity contribution in [3.63, 3.8) is 0 Å². The summed E-state index contributed by atoms with van der Waals surface area (Å²) in [5, 5.41) is 9.79. The van der Waals surface area contributed by atoms with Crippen molar-refractivity contribution in [3.05, 3.63) is 27.8 Å². The van der Waals surface area contributed by atoms with E-state index in [1.807, 2.05) is 26.8 Å². The molecule has 1 N–H and O–H groups in total. The van der Waals surface area contributed by atoms with Crippen molar-refractivity contribution in [3.8, 4) is 5.75 Å². The Balaban J connectivity index is 3.60. The number of benzene rings is 1. The molecule has 1 atom stereocenters. The molecule has 0 saturated heterocycles. The summed E-state index contributed by atoms with van der Waals surface area (Å²) in [6, 6.07) is 1.86. The maximum atomic E-state index is 11.2. The van der Waals surface area contributed by atoms with Gasteiger partial charge in [0.25, 0.3) is 0 Å². The molecular formula is C14H19ClO3. The zero-order chi connectivity index (χ0) is 14.0. The average Bonchev–Trinajstić information content (AvgIpc) is 2.30. The van der Waals surface area contributed by atoms with Gasteiger partial charge >= 0.3 is 5.97 Å². The number of ether oxygens (including phenoxy) is 1. The number of hydrogen-bond acceptors (Lipinski definition) is 2. The zero-order valence-corrected chi connectivity index (χ0v) is 12.1. The van der Waals surface area contributed by atoms with Crippen LogP contribution in [0, 0.1) is 6.92 Å². The number of halogens is 1. The number of carboxylic acid groups (broad SMARTS) is 1. The van der Waals surface area contributed by atoms with E-state index in [0.717, 1.165) is 11.1 Å². The summed E-state index contributed by atoms with van der Waals surface area (Å²) in [6.07, 6.45) is 0.